The first-order valence-electron chi connectivity index (χ1n) is 6.63. The molecule has 0 bridgehead atoms. The van der Waals surface area contributed by atoms with E-state index in [1.807, 2.05) is 38.1 Å². The van der Waals surface area contributed by atoms with E-state index in [0.717, 1.165) is 11.4 Å². The molecule has 0 aliphatic rings. The molecule has 1 heterocycles. The molecule has 1 aromatic carbocycles. The van der Waals surface area contributed by atoms with Crippen LogP contribution in [0.2, 0.25) is 0 Å². The van der Waals surface area contributed by atoms with Crippen LogP contribution < -0.4 is 4.74 Å². The molecule has 0 radical (unpaired) electrons. The molecule has 0 saturated heterocycles. The minimum atomic E-state index is -0.934. The Bertz CT molecular complexity index is 615. The average molecular weight is 274 g/mol. The second-order valence-electron chi connectivity index (χ2n) is 4.40. The maximum atomic E-state index is 11.3. The molecular formula is C15H18N2O3. The smallest absolute Gasteiger partial charge is 0.339 e. The number of hydrogen-bond acceptors (Lipinski definition) is 3. The van der Waals surface area contributed by atoms with Crippen LogP contribution in [0.5, 0.6) is 5.75 Å². The molecule has 5 nitrogen and oxygen atoms in total. The van der Waals surface area contributed by atoms with E-state index in [0.29, 0.717) is 30.0 Å². The van der Waals surface area contributed by atoms with Crippen molar-refractivity contribution in [3.63, 3.8) is 0 Å². The van der Waals surface area contributed by atoms with Crippen LogP contribution in [0.1, 0.15) is 35.6 Å². The molecule has 5 heteroatoms. The minimum absolute atomic E-state index is 0.293. The molecule has 0 saturated carbocycles. The van der Waals surface area contributed by atoms with Gasteiger partial charge in [0.15, 0.2) is 0 Å². The van der Waals surface area contributed by atoms with Crippen LogP contribution in [0.15, 0.2) is 24.3 Å². The standard InChI is InChI=1S/C15H18N2O3/c1-4-13-14(15(18)19)10(3)17(16-13)11-6-8-12(9-7-11)20-5-2/h6-9H,4-5H2,1-3H3,(H,18,19). The van der Waals surface area contributed by atoms with Crippen LogP contribution in [-0.2, 0) is 6.42 Å². The lowest BCUT2D eigenvalue weighted by Gasteiger charge is -2.06. The molecule has 0 spiro atoms. The average Bonchev–Trinajstić information content (AvgIpc) is 2.77. The van der Waals surface area contributed by atoms with E-state index in [1.54, 1.807) is 11.6 Å². The summed E-state index contributed by atoms with van der Waals surface area (Å²) in [5, 5.41) is 13.7. The summed E-state index contributed by atoms with van der Waals surface area (Å²) in [5.41, 5.74) is 2.36. The topological polar surface area (TPSA) is 64.4 Å². The molecular weight excluding hydrogens is 256 g/mol. The van der Waals surface area contributed by atoms with Crippen LogP contribution in [0.4, 0.5) is 0 Å². The van der Waals surface area contributed by atoms with E-state index in [4.69, 9.17) is 4.74 Å². The molecule has 0 unspecified atom stereocenters. The quantitative estimate of drug-likeness (QED) is 0.910. The summed E-state index contributed by atoms with van der Waals surface area (Å²) >= 11 is 0. The van der Waals surface area contributed by atoms with E-state index < -0.39 is 5.97 Å². The number of hydrogen-bond donors (Lipinski definition) is 1. The monoisotopic (exact) mass is 274 g/mol. The van der Waals surface area contributed by atoms with Crippen LogP contribution in [0.25, 0.3) is 5.69 Å². The van der Waals surface area contributed by atoms with Crippen molar-refractivity contribution in [2.75, 3.05) is 6.61 Å². The van der Waals surface area contributed by atoms with Crippen LogP contribution in [0.3, 0.4) is 0 Å². The van der Waals surface area contributed by atoms with Crippen molar-refractivity contribution in [1.82, 2.24) is 9.78 Å². The number of nitrogens with zero attached hydrogens (tertiary/aromatic N) is 2. The fourth-order valence-corrected chi connectivity index (χ4v) is 2.19. The Morgan fingerprint density at radius 1 is 1.30 bits per heavy atom. The van der Waals surface area contributed by atoms with E-state index in [-0.39, 0.29) is 0 Å². The molecule has 0 amide bonds. The zero-order valence-electron chi connectivity index (χ0n) is 11.9. The summed E-state index contributed by atoms with van der Waals surface area (Å²) in [7, 11) is 0. The molecule has 20 heavy (non-hydrogen) atoms. The molecule has 1 aromatic heterocycles. The van der Waals surface area contributed by atoms with Gasteiger partial charge in [-0.2, -0.15) is 5.10 Å². The van der Waals surface area contributed by atoms with Crippen molar-refractivity contribution in [3.8, 4) is 11.4 Å². The fraction of sp³-hybridized carbons (Fsp3) is 0.333. The zero-order valence-corrected chi connectivity index (χ0v) is 11.9. The number of rotatable bonds is 5. The van der Waals surface area contributed by atoms with Gasteiger partial charge in [-0.05, 0) is 44.5 Å². The van der Waals surface area contributed by atoms with Gasteiger partial charge in [-0.15, -0.1) is 0 Å². The number of carboxylic acid groups (broad SMARTS) is 1. The van der Waals surface area contributed by atoms with Crippen molar-refractivity contribution in [2.24, 2.45) is 0 Å². The zero-order chi connectivity index (χ0) is 14.7. The second-order valence-corrected chi connectivity index (χ2v) is 4.40. The fourth-order valence-electron chi connectivity index (χ4n) is 2.19. The lowest BCUT2D eigenvalue weighted by atomic mass is 10.1. The third-order valence-corrected chi connectivity index (χ3v) is 3.13. The predicted molar refractivity (Wildman–Crippen MR) is 75.8 cm³/mol. The Kier molecular flexibility index (Phi) is 4.08. The van der Waals surface area contributed by atoms with Crippen molar-refractivity contribution in [3.05, 3.63) is 41.2 Å². The highest BCUT2D eigenvalue weighted by Gasteiger charge is 2.19. The highest BCUT2D eigenvalue weighted by atomic mass is 16.5. The van der Waals surface area contributed by atoms with Gasteiger partial charge >= 0.3 is 5.97 Å². The van der Waals surface area contributed by atoms with Gasteiger partial charge in [0, 0.05) is 0 Å². The predicted octanol–water partition coefficient (Wildman–Crippen LogP) is 2.84. The summed E-state index contributed by atoms with van der Waals surface area (Å²) in [6.45, 7) is 6.21. The van der Waals surface area contributed by atoms with Crippen molar-refractivity contribution in [2.45, 2.75) is 27.2 Å². The van der Waals surface area contributed by atoms with Gasteiger partial charge < -0.3 is 9.84 Å². The Labute approximate surface area is 117 Å². The second kappa shape index (κ2) is 5.77. The number of aryl methyl sites for hydroxylation is 1. The molecule has 2 rings (SSSR count). The number of aromatic carboxylic acids is 1. The summed E-state index contributed by atoms with van der Waals surface area (Å²) in [6.07, 6.45) is 0.590. The van der Waals surface area contributed by atoms with Gasteiger partial charge in [-0.3, -0.25) is 0 Å². The maximum absolute atomic E-state index is 11.3. The normalized spacial score (nSPS) is 10.6. The molecule has 0 fully saturated rings. The lowest BCUT2D eigenvalue weighted by Crippen LogP contribution is -2.03. The van der Waals surface area contributed by atoms with Gasteiger partial charge in [-0.1, -0.05) is 6.92 Å². The number of aromatic nitrogens is 2. The van der Waals surface area contributed by atoms with Crippen LogP contribution >= 0.6 is 0 Å². The SMILES string of the molecule is CCOc1ccc(-n2nc(CC)c(C(=O)O)c2C)cc1. The molecule has 2 aromatic rings. The van der Waals surface area contributed by atoms with Crippen LogP contribution in [0, 0.1) is 6.92 Å². The molecule has 0 aliphatic carbocycles. The minimum Gasteiger partial charge on any atom is -0.494 e. The molecule has 0 atom stereocenters. The van der Waals surface area contributed by atoms with Gasteiger partial charge in [0.1, 0.15) is 11.3 Å². The maximum Gasteiger partial charge on any atom is 0.339 e. The highest BCUT2D eigenvalue weighted by Crippen LogP contribution is 2.21. The van der Waals surface area contributed by atoms with Gasteiger partial charge in [0.2, 0.25) is 0 Å². The highest BCUT2D eigenvalue weighted by molar-refractivity contribution is 5.90. The van der Waals surface area contributed by atoms with Gasteiger partial charge in [-0.25, -0.2) is 9.48 Å². The Hall–Kier alpha value is -2.30. The Balaban J connectivity index is 2.44. The third kappa shape index (κ3) is 2.52. The summed E-state index contributed by atoms with van der Waals surface area (Å²) in [6, 6.07) is 7.45. The number of ether oxygens (including phenoxy) is 1. The van der Waals surface area contributed by atoms with Gasteiger partial charge in [0.05, 0.1) is 23.7 Å². The van der Waals surface area contributed by atoms with E-state index in [1.165, 1.54) is 0 Å². The van der Waals surface area contributed by atoms with Crippen LogP contribution in [-0.4, -0.2) is 27.5 Å². The van der Waals surface area contributed by atoms with Crippen molar-refractivity contribution in [1.29, 1.82) is 0 Å². The Morgan fingerprint density at radius 3 is 2.40 bits per heavy atom. The number of carbonyl (C=O) groups is 1. The first-order valence-corrected chi connectivity index (χ1v) is 6.63. The number of benzene rings is 1. The molecule has 0 aliphatic heterocycles. The first-order chi connectivity index (χ1) is 9.58. The first kappa shape index (κ1) is 14.1. The van der Waals surface area contributed by atoms with Crippen molar-refractivity contribution < 1.29 is 14.6 Å². The van der Waals surface area contributed by atoms with Crippen molar-refractivity contribution >= 4 is 5.97 Å². The van der Waals surface area contributed by atoms with E-state index >= 15 is 0 Å². The Morgan fingerprint density at radius 2 is 1.95 bits per heavy atom. The largest absolute Gasteiger partial charge is 0.494 e. The third-order valence-electron chi connectivity index (χ3n) is 3.13. The van der Waals surface area contributed by atoms with E-state index in [9.17, 15) is 9.90 Å². The summed E-state index contributed by atoms with van der Waals surface area (Å²) < 4.78 is 7.06. The number of carboxylic acids is 1. The van der Waals surface area contributed by atoms with Gasteiger partial charge in [0.25, 0.3) is 0 Å². The molecule has 1 N–H and O–H groups in total. The lowest BCUT2D eigenvalue weighted by molar-refractivity contribution is 0.0695. The summed E-state index contributed by atoms with van der Waals surface area (Å²) in [4.78, 5) is 11.3. The summed E-state index contributed by atoms with van der Waals surface area (Å²) in [5.74, 6) is -0.147. The van der Waals surface area contributed by atoms with E-state index in [2.05, 4.69) is 5.10 Å². The molecule has 106 valence electrons.